The minimum atomic E-state index is -0.317. The van der Waals surface area contributed by atoms with Crippen LogP contribution in [-0.4, -0.2) is 44.5 Å². The van der Waals surface area contributed by atoms with Crippen molar-refractivity contribution in [3.8, 4) is 0 Å². The van der Waals surface area contributed by atoms with Gasteiger partial charge in [-0.25, -0.2) is 4.79 Å². The van der Waals surface area contributed by atoms with E-state index in [0.29, 0.717) is 19.3 Å². The summed E-state index contributed by atoms with van der Waals surface area (Å²) in [6.07, 6.45) is 4.11. The van der Waals surface area contributed by atoms with Crippen molar-refractivity contribution in [1.82, 2.24) is 10.6 Å². The zero-order valence-electron chi connectivity index (χ0n) is 9.94. The summed E-state index contributed by atoms with van der Waals surface area (Å²) in [5.41, 5.74) is 0. The molecule has 2 fully saturated rings. The van der Waals surface area contributed by atoms with Crippen LogP contribution in [-0.2, 0) is 9.47 Å². The second kappa shape index (κ2) is 7.74. The minimum Gasteiger partial charge on any atom is -0.448 e. The highest BCUT2D eigenvalue weighted by molar-refractivity contribution is 5.85. The van der Waals surface area contributed by atoms with Crippen LogP contribution in [0.3, 0.4) is 0 Å². The summed E-state index contributed by atoms with van der Waals surface area (Å²) in [5, 5.41) is 6.14. The van der Waals surface area contributed by atoms with Crippen LogP contribution in [0.4, 0.5) is 4.79 Å². The number of carbonyl (C=O) groups is 1. The second-order valence-corrected chi connectivity index (χ2v) is 4.45. The van der Waals surface area contributed by atoms with Crippen molar-refractivity contribution >= 4 is 18.5 Å². The first kappa shape index (κ1) is 14.5. The first-order valence-corrected chi connectivity index (χ1v) is 6.09. The smallest absolute Gasteiger partial charge is 0.407 e. The molecule has 0 aromatic heterocycles. The van der Waals surface area contributed by atoms with Crippen molar-refractivity contribution in [2.45, 2.75) is 37.8 Å². The molecule has 0 aliphatic carbocycles. The summed E-state index contributed by atoms with van der Waals surface area (Å²) in [7, 11) is 0. The maximum absolute atomic E-state index is 11.4. The van der Waals surface area contributed by atoms with Crippen LogP contribution in [0, 0.1) is 0 Å². The lowest BCUT2D eigenvalue weighted by Gasteiger charge is -2.23. The topological polar surface area (TPSA) is 59.6 Å². The molecule has 2 heterocycles. The molecule has 0 spiro atoms. The molecule has 2 saturated heterocycles. The summed E-state index contributed by atoms with van der Waals surface area (Å²) in [5.74, 6) is 0. The minimum absolute atomic E-state index is 0. The van der Waals surface area contributed by atoms with E-state index in [-0.39, 0.29) is 24.5 Å². The van der Waals surface area contributed by atoms with E-state index < -0.39 is 0 Å². The van der Waals surface area contributed by atoms with Crippen molar-refractivity contribution in [3.63, 3.8) is 0 Å². The van der Waals surface area contributed by atoms with E-state index in [1.165, 1.54) is 12.8 Å². The fourth-order valence-corrected chi connectivity index (χ4v) is 2.10. The van der Waals surface area contributed by atoms with Crippen LogP contribution in [0.1, 0.15) is 25.7 Å². The Hall–Kier alpha value is -0.520. The molecule has 0 aromatic carbocycles. The molecule has 2 aliphatic rings. The monoisotopic (exact) mass is 264 g/mol. The van der Waals surface area contributed by atoms with Crippen molar-refractivity contribution in [2.24, 2.45) is 0 Å². The summed E-state index contributed by atoms with van der Waals surface area (Å²) < 4.78 is 10.3. The number of ether oxygens (including phenoxy) is 2. The maximum Gasteiger partial charge on any atom is 0.407 e. The molecule has 2 aliphatic heterocycles. The lowest BCUT2D eigenvalue weighted by molar-refractivity contribution is 0.122. The summed E-state index contributed by atoms with van der Waals surface area (Å²) >= 11 is 0. The number of hydrogen-bond donors (Lipinski definition) is 2. The number of hydrogen-bond acceptors (Lipinski definition) is 4. The Morgan fingerprint density at radius 3 is 2.94 bits per heavy atom. The second-order valence-electron chi connectivity index (χ2n) is 4.45. The van der Waals surface area contributed by atoms with Gasteiger partial charge in [-0.3, -0.25) is 0 Å². The fourth-order valence-electron chi connectivity index (χ4n) is 2.10. The predicted molar refractivity (Wildman–Crippen MR) is 66.6 cm³/mol. The predicted octanol–water partition coefficient (Wildman–Crippen LogP) is 1.07. The van der Waals surface area contributed by atoms with Gasteiger partial charge in [0.25, 0.3) is 0 Å². The third kappa shape index (κ3) is 5.10. The molecular weight excluding hydrogens is 244 g/mol. The number of amides is 1. The van der Waals surface area contributed by atoms with E-state index in [4.69, 9.17) is 9.47 Å². The van der Waals surface area contributed by atoms with Crippen molar-refractivity contribution in [2.75, 3.05) is 26.4 Å². The van der Waals surface area contributed by atoms with Gasteiger partial charge in [0.1, 0.15) is 6.61 Å². The van der Waals surface area contributed by atoms with Crippen molar-refractivity contribution < 1.29 is 14.3 Å². The number of nitrogens with one attached hydrogen (secondary N) is 2. The SMILES string of the molecule is Cl.O=C(NC1CCOC1)OCC1CCCCN1. The van der Waals surface area contributed by atoms with Crippen LogP contribution in [0.25, 0.3) is 0 Å². The summed E-state index contributed by atoms with van der Waals surface area (Å²) in [6.45, 7) is 2.84. The molecule has 5 nitrogen and oxygen atoms in total. The highest BCUT2D eigenvalue weighted by Crippen LogP contribution is 2.07. The molecule has 100 valence electrons. The van der Waals surface area contributed by atoms with Gasteiger partial charge >= 0.3 is 6.09 Å². The van der Waals surface area contributed by atoms with Gasteiger partial charge in [-0.15, -0.1) is 12.4 Å². The van der Waals surface area contributed by atoms with Gasteiger partial charge in [-0.05, 0) is 25.8 Å². The van der Waals surface area contributed by atoms with Gasteiger partial charge in [0.05, 0.1) is 12.6 Å². The van der Waals surface area contributed by atoms with E-state index in [9.17, 15) is 4.79 Å². The molecule has 2 rings (SSSR count). The normalized spacial score (nSPS) is 28.2. The standard InChI is InChI=1S/C11H20N2O3.ClH/c14-11(13-10-4-6-15-7-10)16-8-9-3-1-2-5-12-9;/h9-10,12H,1-8H2,(H,13,14);1H. The molecule has 6 heteroatoms. The Bertz CT molecular complexity index is 229. The first-order chi connectivity index (χ1) is 7.84. The highest BCUT2D eigenvalue weighted by atomic mass is 35.5. The summed E-state index contributed by atoms with van der Waals surface area (Å²) in [6, 6.07) is 0.464. The Balaban J connectivity index is 0.00000144. The zero-order chi connectivity index (χ0) is 11.2. The van der Waals surface area contributed by atoms with Crippen LogP contribution in [0.5, 0.6) is 0 Å². The summed E-state index contributed by atoms with van der Waals surface area (Å²) in [4.78, 5) is 11.4. The quantitative estimate of drug-likeness (QED) is 0.801. The third-order valence-electron chi connectivity index (χ3n) is 3.08. The van der Waals surface area contributed by atoms with E-state index >= 15 is 0 Å². The number of piperidine rings is 1. The molecule has 2 atom stereocenters. The Morgan fingerprint density at radius 1 is 1.41 bits per heavy atom. The van der Waals surface area contributed by atoms with Gasteiger partial charge in [-0.1, -0.05) is 6.42 Å². The molecule has 0 bridgehead atoms. The number of rotatable bonds is 3. The fraction of sp³-hybridized carbons (Fsp3) is 0.909. The molecule has 17 heavy (non-hydrogen) atoms. The van der Waals surface area contributed by atoms with Crippen LogP contribution < -0.4 is 10.6 Å². The average molecular weight is 265 g/mol. The van der Waals surface area contributed by atoms with E-state index in [1.807, 2.05) is 0 Å². The Morgan fingerprint density at radius 2 is 2.29 bits per heavy atom. The van der Waals surface area contributed by atoms with E-state index in [0.717, 1.165) is 26.0 Å². The number of halogens is 1. The van der Waals surface area contributed by atoms with Gasteiger partial charge < -0.3 is 20.1 Å². The number of alkyl carbamates (subject to hydrolysis) is 1. The molecule has 2 N–H and O–H groups in total. The van der Waals surface area contributed by atoms with Gasteiger partial charge in [-0.2, -0.15) is 0 Å². The molecule has 0 saturated carbocycles. The van der Waals surface area contributed by atoms with Crippen molar-refractivity contribution in [1.29, 1.82) is 0 Å². The molecule has 0 aromatic rings. The van der Waals surface area contributed by atoms with Crippen LogP contribution in [0.15, 0.2) is 0 Å². The van der Waals surface area contributed by atoms with Crippen molar-refractivity contribution in [3.05, 3.63) is 0 Å². The van der Waals surface area contributed by atoms with Crippen LogP contribution in [0.2, 0.25) is 0 Å². The van der Waals surface area contributed by atoms with E-state index in [1.54, 1.807) is 0 Å². The molecule has 2 unspecified atom stereocenters. The lowest BCUT2D eigenvalue weighted by atomic mass is 10.1. The molecular formula is C11H21ClN2O3. The van der Waals surface area contributed by atoms with E-state index in [2.05, 4.69) is 10.6 Å². The van der Waals surface area contributed by atoms with Gasteiger partial charge in [0.15, 0.2) is 0 Å². The zero-order valence-corrected chi connectivity index (χ0v) is 10.8. The van der Waals surface area contributed by atoms with Gasteiger partial charge in [0, 0.05) is 12.6 Å². The molecule has 1 amide bonds. The Labute approximate surface area is 108 Å². The molecule has 0 radical (unpaired) electrons. The number of carbonyl (C=O) groups excluding carboxylic acids is 1. The van der Waals surface area contributed by atoms with Crippen LogP contribution >= 0.6 is 12.4 Å². The maximum atomic E-state index is 11.4. The van der Waals surface area contributed by atoms with Gasteiger partial charge in [0.2, 0.25) is 0 Å². The lowest BCUT2D eigenvalue weighted by Crippen LogP contribution is -2.41. The Kier molecular flexibility index (Phi) is 6.62. The highest BCUT2D eigenvalue weighted by Gasteiger charge is 2.19. The average Bonchev–Trinajstić information content (AvgIpc) is 2.81. The first-order valence-electron chi connectivity index (χ1n) is 6.09. The largest absolute Gasteiger partial charge is 0.448 e. The third-order valence-corrected chi connectivity index (χ3v) is 3.08.